The van der Waals surface area contributed by atoms with Gasteiger partial charge in [0, 0.05) is 17.8 Å². The summed E-state index contributed by atoms with van der Waals surface area (Å²) in [6.07, 6.45) is 0.734. The first-order valence-electron chi connectivity index (χ1n) is 4.92. The first-order chi connectivity index (χ1) is 6.77. The van der Waals surface area contributed by atoms with Gasteiger partial charge in [0.15, 0.2) is 0 Å². The number of hydrogen-bond donors (Lipinski definition) is 1. The Balaban J connectivity index is 2.32. The van der Waals surface area contributed by atoms with Gasteiger partial charge >= 0.3 is 0 Å². The zero-order chi connectivity index (χ0) is 9.97. The first-order valence-corrected chi connectivity index (χ1v) is 4.92. The minimum atomic E-state index is -2.36. The molecule has 1 aliphatic rings. The van der Waals surface area contributed by atoms with E-state index in [1.165, 1.54) is 6.07 Å². The summed E-state index contributed by atoms with van der Waals surface area (Å²) in [6, 6.07) is 4.89. The van der Waals surface area contributed by atoms with Gasteiger partial charge in [-0.25, -0.2) is 8.78 Å². The van der Waals surface area contributed by atoms with Crippen molar-refractivity contribution < 1.29 is 8.78 Å². The van der Waals surface area contributed by atoms with Gasteiger partial charge in [-0.3, -0.25) is 0 Å². The van der Waals surface area contributed by atoms with E-state index < -0.39 is 6.43 Å². The number of nitrogens with one attached hydrogen (secondary N) is 1. The van der Waals surface area contributed by atoms with Gasteiger partial charge in [0.1, 0.15) is 0 Å². The summed E-state index contributed by atoms with van der Waals surface area (Å²) in [5.74, 6) is 0. The van der Waals surface area contributed by atoms with Crippen LogP contribution in [0, 0.1) is 0 Å². The zero-order valence-electron chi connectivity index (χ0n) is 7.89. The van der Waals surface area contributed by atoms with Gasteiger partial charge in [-0.15, -0.1) is 0 Å². The number of aryl methyl sites for hydroxylation is 1. The van der Waals surface area contributed by atoms with Crippen LogP contribution in [0.2, 0.25) is 0 Å². The summed E-state index contributed by atoms with van der Waals surface area (Å²) < 4.78 is 24.8. The number of halogens is 2. The third kappa shape index (κ3) is 1.86. The van der Waals surface area contributed by atoms with E-state index in [1.54, 1.807) is 12.1 Å². The van der Waals surface area contributed by atoms with Crippen molar-refractivity contribution in [3.8, 4) is 0 Å². The summed E-state index contributed by atoms with van der Waals surface area (Å²) in [4.78, 5) is 0. The Hall–Kier alpha value is -1.12. The summed E-state index contributed by atoms with van der Waals surface area (Å²) in [5, 5.41) is 3.25. The Morgan fingerprint density at radius 3 is 2.86 bits per heavy atom. The maximum atomic E-state index is 12.4. The van der Waals surface area contributed by atoms with Crippen LogP contribution in [0.4, 0.5) is 14.5 Å². The van der Waals surface area contributed by atoms with Crippen LogP contribution in [-0.4, -0.2) is 6.54 Å². The van der Waals surface area contributed by atoms with E-state index in [0.29, 0.717) is 0 Å². The molecule has 0 amide bonds. The molecule has 1 N–H and O–H groups in total. The molecule has 1 nitrogen and oxygen atoms in total. The molecule has 1 aromatic rings. The SMILES string of the molecule is FC(F)c1ccc2c(c1)CCCCN2. The summed E-state index contributed by atoms with van der Waals surface area (Å²) in [6.45, 7) is 0.945. The topological polar surface area (TPSA) is 12.0 Å². The Labute approximate surface area is 82.1 Å². The largest absolute Gasteiger partial charge is 0.385 e. The molecular weight excluding hydrogens is 184 g/mol. The van der Waals surface area contributed by atoms with Crippen LogP contribution in [0.25, 0.3) is 0 Å². The number of hydrogen-bond acceptors (Lipinski definition) is 1. The van der Waals surface area contributed by atoms with Crippen LogP contribution in [0.15, 0.2) is 18.2 Å². The number of benzene rings is 1. The Morgan fingerprint density at radius 2 is 2.07 bits per heavy atom. The molecule has 0 fully saturated rings. The second-order valence-electron chi connectivity index (χ2n) is 3.60. The van der Waals surface area contributed by atoms with Gasteiger partial charge in [0.05, 0.1) is 0 Å². The van der Waals surface area contributed by atoms with E-state index in [4.69, 9.17) is 0 Å². The molecule has 0 aliphatic carbocycles. The molecular formula is C11H13F2N. The molecule has 0 radical (unpaired) electrons. The Kier molecular flexibility index (Phi) is 2.66. The third-order valence-electron chi connectivity index (χ3n) is 2.57. The number of alkyl halides is 2. The molecule has 0 atom stereocenters. The van der Waals surface area contributed by atoms with Crippen molar-refractivity contribution in [1.82, 2.24) is 0 Å². The molecule has 1 heterocycles. The van der Waals surface area contributed by atoms with Gasteiger partial charge in [-0.1, -0.05) is 6.07 Å². The smallest absolute Gasteiger partial charge is 0.263 e. The van der Waals surface area contributed by atoms with E-state index in [0.717, 1.165) is 37.1 Å². The van der Waals surface area contributed by atoms with Crippen LogP contribution in [0.5, 0.6) is 0 Å². The molecule has 0 unspecified atom stereocenters. The molecule has 0 spiro atoms. The molecule has 14 heavy (non-hydrogen) atoms. The first kappa shape index (κ1) is 9.44. The summed E-state index contributed by atoms with van der Waals surface area (Å²) in [5.41, 5.74) is 2.18. The van der Waals surface area contributed by atoms with E-state index in [2.05, 4.69) is 5.32 Å². The average molecular weight is 197 g/mol. The van der Waals surface area contributed by atoms with E-state index in [9.17, 15) is 8.78 Å². The second-order valence-corrected chi connectivity index (χ2v) is 3.60. The highest BCUT2D eigenvalue weighted by molar-refractivity contribution is 5.53. The standard InChI is InChI=1S/C11H13F2N/c12-11(13)9-4-5-10-8(7-9)3-1-2-6-14-10/h4-5,7,11,14H,1-3,6H2. The summed E-state index contributed by atoms with van der Waals surface area (Å²) >= 11 is 0. The molecule has 0 saturated carbocycles. The van der Waals surface area contributed by atoms with Crippen LogP contribution in [0.1, 0.15) is 30.4 Å². The molecule has 0 saturated heterocycles. The van der Waals surface area contributed by atoms with Gasteiger partial charge < -0.3 is 5.32 Å². The lowest BCUT2D eigenvalue weighted by Gasteiger charge is -2.09. The molecule has 1 aliphatic heterocycles. The second kappa shape index (κ2) is 3.95. The van der Waals surface area contributed by atoms with Crippen LogP contribution in [-0.2, 0) is 6.42 Å². The highest BCUT2D eigenvalue weighted by Crippen LogP contribution is 2.27. The monoisotopic (exact) mass is 197 g/mol. The van der Waals surface area contributed by atoms with Crippen molar-refractivity contribution in [2.24, 2.45) is 0 Å². The van der Waals surface area contributed by atoms with Crippen LogP contribution < -0.4 is 5.32 Å². The molecule has 2 rings (SSSR count). The van der Waals surface area contributed by atoms with E-state index in [1.807, 2.05) is 0 Å². The van der Waals surface area contributed by atoms with Crippen molar-refractivity contribution >= 4 is 5.69 Å². The molecule has 76 valence electrons. The lowest BCUT2D eigenvalue weighted by Crippen LogP contribution is -1.99. The lowest BCUT2D eigenvalue weighted by molar-refractivity contribution is 0.151. The molecule has 3 heteroatoms. The lowest BCUT2D eigenvalue weighted by atomic mass is 10.0. The minimum Gasteiger partial charge on any atom is -0.385 e. The molecule has 0 aromatic heterocycles. The highest BCUT2D eigenvalue weighted by atomic mass is 19.3. The van der Waals surface area contributed by atoms with Crippen molar-refractivity contribution in [3.63, 3.8) is 0 Å². The Morgan fingerprint density at radius 1 is 1.21 bits per heavy atom. The van der Waals surface area contributed by atoms with Gasteiger partial charge in [0.2, 0.25) is 0 Å². The maximum absolute atomic E-state index is 12.4. The maximum Gasteiger partial charge on any atom is 0.263 e. The van der Waals surface area contributed by atoms with Gasteiger partial charge in [-0.05, 0) is 37.0 Å². The third-order valence-corrected chi connectivity index (χ3v) is 2.57. The average Bonchev–Trinajstić information content (AvgIpc) is 2.41. The number of rotatable bonds is 1. The van der Waals surface area contributed by atoms with Crippen LogP contribution >= 0.6 is 0 Å². The fraction of sp³-hybridized carbons (Fsp3) is 0.455. The zero-order valence-corrected chi connectivity index (χ0v) is 7.89. The van der Waals surface area contributed by atoms with Crippen LogP contribution in [0.3, 0.4) is 0 Å². The predicted octanol–water partition coefficient (Wildman–Crippen LogP) is 3.37. The number of fused-ring (bicyclic) bond motifs is 1. The van der Waals surface area contributed by atoms with Gasteiger partial charge in [0.25, 0.3) is 6.43 Å². The van der Waals surface area contributed by atoms with Crippen molar-refractivity contribution in [3.05, 3.63) is 29.3 Å². The fourth-order valence-electron chi connectivity index (χ4n) is 1.79. The van der Waals surface area contributed by atoms with E-state index in [-0.39, 0.29) is 5.56 Å². The Bertz CT molecular complexity index is 323. The predicted molar refractivity (Wildman–Crippen MR) is 52.8 cm³/mol. The van der Waals surface area contributed by atoms with E-state index >= 15 is 0 Å². The minimum absolute atomic E-state index is 0.132. The molecule has 1 aromatic carbocycles. The van der Waals surface area contributed by atoms with Crippen molar-refractivity contribution in [2.75, 3.05) is 11.9 Å². The van der Waals surface area contributed by atoms with Crippen molar-refractivity contribution in [2.45, 2.75) is 25.7 Å². The fourth-order valence-corrected chi connectivity index (χ4v) is 1.79. The van der Waals surface area contributed by atoms with Gasteiger partial charge in [-0.2, -0.15) is 0 Å². The number of anilines is 1. The van der Waals surface area contributed by atoms with Crippen molar-refractivity contribution in [1.29, 1.82) is 0 Å². The quantitative estimate of drug-likeness (QED) is 0.727. The summed E-state index contributed by atoms with van der Waals surface area (Å²) in [7, 11) is 0. The normalized spacial score (nSPS) is 15.9. The highest BCUT2D eigenvalue weighted by Gasteiger charge is 2.12. The molecule has 0 bridgehead atoms.